The Bertz CT molecular complexity index is 652. The molecule has 1 atom stereocenters. The van der Waals surface area contributed by atoms with Crippen LogP contribution in [-0.2, 0) is 4.79 Å². The van der Waals surface area contributed by atoms with E-state index in [2.05, 4.69) is 28.8 Å². The second kappa shape index (κ2) is 8.50. The molecule has 1 fully saturated rings. The SMILES string of the molecule is O=C(CC1CCCN1)NCCOc1ccccc1-c1ccccc1. The van der Waals surface area contributed by atoms with Gasteiger partial charge in [0, 0.05) is 18.0 Å². The number of benzene rings is 2. The van der Waals surface area contributed by atoms with Gasteiger partial charge in [0.15, 0.2) is 0 Å². The highest BCUT2D eigenvalue weighted by atomic mass is 16.5. The molecule has 1 heterocycles. The molecule has 24 heavy (non-hydrogen) atoms. The molecule has 0 bridgehead atoms. The van der Waals surface area contributed by atoms with E-state index in [1.807, 2.05) is 36.4 Å². The average molecular weight is 324 g/mol. The van der Waals surface area contributed by atoms with Crippen LogP contribution in [0.2, 0.25) is 0 Å². The molecule has 3 rings (SSSR count). The summed E-state index contributed by atoms with van der Waals surface area (Å²) in [4.78, 5) is 11.9. The predicted octanol–water partition coefficient (Wildman–Crippen LogP) is 2.99. The zero-order valence-electron chi connectivity index (χ0n) is 13.8. The summed E-state index contributed by atoms with van der Waals surface area (Å²) >= 11 is 0. The van der Waals surface area contributed by atoms with Crippen molar-refractivity contribution in [3.63, 3.8) is 0 Å². The van der Waals surface area contributed by atoms with E-state index >= 15 is 0 Å². The molecule has 1 amide bonds. The number of carbonyl (C=O) groups excluding carboxylic acids is 1. The van der Waals surface area contributed by atoms with E-state index in [-0.39, 0.29) is 5.91 Å². The lowest BCUT2D eigenvalue weighted by Gasteiger charge is -2.13. The van der Waals surface area contributed by atoms with E-state index < -0.39 is 0 Å². The summed E-state index contributed by atoms with van der Waals surface area (Å²) in [6, 6.07) is 18.5. The zero-order chi connectivity index (χ0) is 16.6. The fourth-order valence-electron chi connectivity index (χ4n) is 3.03. The topological polar surface area (TPSA) is 50.4 Å². The molecule has 126 valence electrons. The predicted molar refractivity (Wildman–Crippen MR) is 96.0 cm³/mol. The molecule has 0 radical (unpaired) electrons. The van der Waals surface area contributed by atoms with E-state index in [0.717, 1.165) is 36.3 Å². The van der Waals surface area contributed by atoms with Gasteiger partial charge in [0.25, 0.3) is 0 Å². The monoisotopic (exact) mass is 324 g/mol. The van der Waals surface area contributed by atoms with Crippen molar-refractivity contribution in [3.05, 3.63) is 54.6 Å². The van der Waals surface area contributed by atoms with E-state index in [1.54, 1.807) is 0 Å². The lowest BCUT2D eigenvalue weighted by molar-refractivity contribution is -0.121. The van der Waals surface area contributed by atoms with Gasteiger partial charge in [-0.15, -0.1) is 0 Å². The van der Waals surface area contributed by atoms with Crippen molar-refractivity contribution < 1.29 is 9.53 Å². The highest BCUT2D eigenvalue weighted by Crippen LogP contribution is 2.29. The number of ether oxygens (including phenoxy) is 1. The van der Waals surface area contributed by atoms with Gasteiger partial charge in [-0.05, 0) is 31.0 Å². The minimum Gasteiger partial charge on any atom is -0.491 e. The maximum absolute atomic E-state index is 11.9. The van der Waals surface area contributed by atoms with Crippen LogP contribution in [0.4, 0.5) is 0 Å². The quantitative estimate of drug-likeness (QED) is 0.770. The molecule has 1 saturated heterocycles. The summed E-state index contributed by atoms with van der Waals surface area (Å²) in [5, 5.41) is 6.27. The fourth-order valence-corrected chi connectivity index (χ4v) is 3.03. The first-order valence-electron chi connectivity index (χ1n) is 8.60. The Morgan fingerprint density at radius 3 is 2.71 bits per heavy atom. The van der Waals surface area contributed by atoms with Crippen LogP contribution in [0.15, 0.2) is 54.6 Å². The van der Waals surface area contributed by atoms with Gasteiger partial charge in [0.2, 0.25) is 5.91 Å². The Balaban J connectivity index is 1.48. The molecule has 0 saturated carbocycles. The Kier molecular flexibility index (Phi) is 5.85. The fraction of sp³-hybridized carbons (Fsp3) is 0.350. The number of carbonyl (C=O) groups is 1. The first kappa shape index (κ1) is 16.5. The van der Waals surface area contributed by atoms with Crippen molar-refractivity contribution >= 4 is 5.91 Å². The van der Waals surface area contributed by atoms with Gasteiger partial charge in [-0.3, -0.25) is 4.79 Å². The number of nitrogens with one attached hydrogen (secondary N) is 2. The molecule has 0 aromatic heterocycles. The van der Waals surface area contributed by atoms with Crippen molar-refractivity contribution in [3.8, 4) is 16.9 Å². The van der Waals surface area contributed by atoms with Crippen LogP contribution in [0.5, 0.6) is 5.75 Å². The average Bonchev–Trinajstić information content (AvgIpc) is 3.13. The summed E-state index contributed by atoms with van der Waals surface area (Å²) in [5.74, 6) is 0.935. The first-order valence-corrected chi connectivity index (χ1v) is 8.60. The molecule has 2 N–H and O–H groups in total. The lowest BCUT2D eigenvalue weighted by Crippen LogP contribution is -2.33. The van der Waals surface area contributed by atoms with E-state index in [1.165, 1.54) is 0 Å². The Morgan fingerprint density at radius 2 is 1.92 bits per heavy atom. The van der Waals surface area contributed by atoms with E-state index in [4.69, 9.17) is 4.74 Å². The molecule has 1 aliphatic rings. The maximum Gasteiger partial charge on any atom is 0.221 e. The molecule has 1 unspecified atom stereocenters. The summed E-state index contributed by atoms with van der Waals surface area (Å²) < 4.78 is 5.88. The van der Waals surface area contributed by atoms with Gasteiger partial charge < -0.3 is 15.4 Å². The van der Waals surface area contributed by atoms with Crippen molar-refractivity contribution in [2.75, 3.05) is 19.7 Å². The van der Waals surface area contributed by atoms with Crippen LogP contribution in [0.25, 0.3) is 11.1 Å². The highest BCUT2D eigenvalue weighted by molar-refractivity contribution is 5.76. The Labute approximate surface area is 143 Å². The third kappa shape index (κ3) is 4.59. The summed E-state index contributed by atoms with van der Waals surface area (Å²) in [6.07, 6.45) is 2.81. The smallest absolute Gasteiger partial charge is 0.221 e. The first-order chi connectivity index (χ1) is 11.8. The minimum absolute atomic E-state index is 0.0920. The number of hydrogen-bond acceptors (Lipinski definition) is 3. The van der Waals surface area contributed by atoms with Crippen molar-refractivity contribution in [2.24, 2.45) is 0 Å². The third-order valence-electron chi connectivity index (χ3n) is 4.25. The molecule has 0 aliphatic carbocycles. The molecule has 4 heteroatoms. The molecular formula is C20H24N2O2. The molecule has 2 aromatic rings. The number of rotatable bonds is 7. The molecule has 0 spiro atoms. The summed E-state index contributed by atoms with van der Waals surface area (Å²) in [6.45, 7) is 2.01. The van der Waals surface area contributed by atoms with Gasteiger partial charge in [0.05, 0.1) is 6.54 Å². The van der Waals surface area contributed by atoms with E-state index in [0.29, 0.717) is 25.6 Å². The van der Waals surface area contributed by atoms with Crippen LogP contribution < -0.4 is 15.4 Å². The number of para-hydroxylation sites is 1. The zero-order valence-corrected chi connectivity index (χ0v) is 13.8. The lowest BCUT2D eigenvalue weighted by atomic mass is 10.1. The van der Waals surface area contributed by atoms with Crippen LogP contribution in [-0.4, -0.2) is 31.6 Å². The van der Waals surface area contributed by atoms with Gasteiger partial charge >= 0.3 is 0 Å². The van der Waals surface area contributed by atoms with Crippen LogP contribution in [0.3, 0.4) is 0 Å². The molecular weight excluding hydrogens is 300 g/mol. The van der Waals surface area contributed by atoms with Gasteiger partial charge in [-0.1, -0.05) is 48.5 Å². The number of hydrogen-bond donors (Lipinski definition) is 2. The van der Waals surface area contributed by atoms with Gasteiger partial charge in [-0.2, -0.15) is 0 Å². The van der Waals surface area contributed by atoms with Crippen LogP contribution in [0, 0.1) is 0 Å². The molecule has 4 nitrogen and oxygen atoms in total. The normalized spacial score (nSPS) is 16.8. The second-order valence-electron chi connectivity index (χ2n) is 6.06. The van der Waals surface area contributed by atoms with Crippen molar-refractivity contribution in [2.45, 2.75) is 25.3 Å². The highest BCUT2D eigenvalue weighted by Gasteiger charge is 2.17. The van der Waals surface area contributed by atoms with Crippen molar-refractivity contribution in [1.29, 1.82) is 0 Å². The minimum atomic E-state index is 0.0920. The second-order valence-corrected chi connectivity index (χ2v) is 6.06. The van der Waals surface area contributed by atoms with Gasteiger partial charge in [-0.25, -0.2) is 0 Å². The Hall–Kier alpha value is -2.33. The number of amides is 1. The Morgan fingerprint density at radius 1 is 1.12 bits per heavy atom. The van der Waals surface area contributed by atoms with Crippen LogP contribution >= 0.6 is 0 Å². The van der Waals surface area contributed by atoms with Gasteiger partial charge in [0.1, 0.15) is 12.4 Å². The summed E-state index contributed by atoms with van der Waals surface area (Å²) in [7, 11) is 0. The third-order valence-corrected chi connectivity index (χ3v) is 4.25. The molecule has 2 aromatic carbocycles. The largest absolute Gasteiger partial charge is 0.491 e. The molecule has 1 aliphatic heterocycles. The standard InChI is InChI=1S/C20H24N2O2/c23-20(15-17-9-6-12-21-17)22-13-14-24-19-11-5-4-10-18(19)16-7-2-1-3-8-16/h1-5,7-8,10-11,17,21H,6,9,12-15H2,(H,22,23). The van der Waals surface area contributed by atoms with Crippen molar-refractivity contribution in [1.82, 2.24) is 10.6 Å². The maximum atomic E-state index is 11.9. The van der Waals surface area contributed by atoms with E-state index in [9.17, 15) is 4.79 Å². The summed E-state index contributed by atoms with van der Waals surface area (Å²) in [5.41, 5.74) is 2.20. The van der Waals surface area contributed by atoms with Crippen LogP contribution in [0.1, 0.15) is 19.3 Å².